The minimum atomic E-state index is -0.572. The number of likely N-dealkylation sites (tertiary alicyclic amines) is 1. The summed E-state index contributed by atoms with van der Waals surface area (Å²) in [5.41, 5.74) is 1.19. The van der Waals surface area contributed by atoms with Crippen LogP contribution >= 0.6 is 0 Å². The van der Waals surface area contributed by atoms with Crippen LogP contribution in [0.2, 0.25) is 0 Å². The quantitative estimate of drug-likeness (QED) is 0.427. The van der Waals surface area contributed by atoms with Gasteiger partial charge in [-0.05, 0) is 75.4 Å². The van der Waals surface area contributed by atoms with E-state index in [0.717, 1.165) is 50.9 Å². The van der Waals surface area contributed by atoms with E-state index >= 15 is 0 Å². The minimum absolute atomic E-state index is 0.104. The van der Waals surface area contributed by atoms with Gasteiger partial charge in [-0.15, -0.1) is 0 Å². The van der Waals surface area contributed by atoms with Crippen LogP contribution in [0.1, 0.15) is 56.3 Å². The number of carbonyl (C=O) groups is 1. The Balaban J connectivity index is 1.46. The molecule has 2 aromatic carbocycles. The lowest BCUT2D eigenvalue weighted by Crippen LogP contribution is -2.36. The fraction of sp³-hybridized carbons (Fsp3) is 0.500. The number of piperidine rings is 1. The second-order valence-electron chi connectivity index (χ2n) is 8.31. The maximum Gasteiger partial charge on any atom is 0.305 e. The van der Waals surface area contributed by atoms with Crippen LogP contribution < -0.4 is 0 Å². The van der Waals surface area contributed by atoms with E-state index in [4.69, 9.17) is 9.47 Å². The van der Waals surface area contributed by atoms with Gasteiger partial charge in [-0.25, -0.2) is 8.78 Å². The molecule has 1 aliphatic heterocycles. The third kappa shape index (κ3) is 7.38. The summed E-state index contributed by atoms with van der Waals surface area (Å²) >= 11 is 0. The molecular formula is C26H33F2NO3. The summed E-state index contributed by atoms with van der Waals surface area (Å²) in [6.45, 7) is 5.49. The van der Waals surface area contributed by atoms with Crippen LogP contribution in [0.25, 0.3) is 0 Å². The molecule has 0 radical (unpaired) electrons. The number of rotatable bonds is 11. The van der Waals surface area contributed by atoms with Crippen LogP contribution in [-0.4, -0.2) is 43.7 Å². The lowest BCUT2D eigenvalue weighted by molar-refractivity contribution is -0.143. The third-order valence-electron chi connectivity index (χ3n) is 6.06. The zero-order valence-corrected chi connectivity index (χ0v) is 18.8. The molecule has 3 rings (SSSR count). The molecule has 0 aliphatic carbocycles. The fourth-order valence-electron chi connectivity index (χ4n) is 4.26. The van der Waals surface area contributed by atoms with E-state index in [2.05, 4.69) is 4.90 Å². The molecule has 0 saturated carbocycles. The van der Waals surface area contributed by atoms with Crippen molar-refractivity contribution in [3.8, 4) is 0 Å². The summed E-state index contributed by atoms with van der Waals surface area (Å²) in [5.74, 6) is -0.115. The van der Waals surface area contributed by atoms with Crippen LogP contribution in [0.4, 0.5) is 8.78 Å². The largest absolute Gasteiger partial charge is 0.466 e. The molecule has 0 bridgehead atoms. The molecule has 1 heterocycles. The molecule has 1 saturated heterocycles. The van der Waals surface area contributed by atoms with Crippen LogP contribution in [0.5, 0.6) is 0 Å². The summed E-state index contributed by atoms with van der Waals surface area (Å²) in [7, 11) is 0. The molecule has 0 amide bonds. The van der Waals surface area contributed by atoms with E-state index in [0.29, 0.717) is 31.1 Å². The van der Waals surface area contributed by atoms with Crippen molar-refractivity contribution < 1.29 is 23.0 Å². The topological polar surface area (TPSA) is 38.8 Å². The molecule has 1 fully saturated rings. The molecule has 2 aromatic rings. The van der Waals surface area contributed by atoms with Crippen LogP contribution in [0.3, 0.4) is 0 Å². The van der Waals surface area contributed by atoms with Gasteiger partial charge in [0, 0.05) is 18.5 Å². The first-order chi connectivity index (χ1) is 15.6. The van der Waals surface area contributed by atoms with Gasteiger partial charge in [0.15, 0.2) is 0 Å². The summed E-state index contributed by atoms with van der Waals surface area (Å²) in [6.07, 6.45) is 4.09. The first-order valence-corrected chi connectivity index (χ1v) is 11.6. The Kier molecular flexibility index (Phi) is 9.62. The van der Waals surface area contributed by atoms with E-state index in [1.54, 1.807) is 30.3 Å². The van der Waals surface area contributed by atoms with Gasteiger partial charge in [0.05, 0.1) is 13.2 Å². The van der Waals surface area contributed by atoms with Gasteiger partial charge in [0.25, 0.3) is 0 Å². The van der Waals surface area contributed by atoms with E-state index in [-0.39, 0.29) is 17.6 Å². The molecule has 1 aliphatic rings. The Morgan fingerprint density at radius 2 is 1.81 bits per heavy atom. The lowest BCUT2D eigenvalue weighted by Gasteiger charge is -2.32. The molecule has 0 N–H and O–H groups in total. The van der Waals surface area contributed by atoms with Crippen molar-refractivity contribution in [2.24, 2.45) is 5.92 Å². The predicted molar refractivity (Wildman–Crippen MR) is 120 cm³/mol. The third-order valence-corrected chi connectivity index (χ3v) is 6.06. The highest BCUT2D eigenvalue weighted by atomic mass is 19.1. The number of esters is 1. The van der Waals surface area contributed by atoms with Crippen molar-refractivity contribution in [1.82, 2.24) is 4.90 Å². The smallest absolute Gasteiger partial charge is 0.305 e. The van der Waals surface area contributed by atoms with Crippen LogP contribution in [0.15, 0.2) is 48.5 Å². The van der Waals surface area contributed by atoms with Crippen molar-refractivity contribution >= 4 is 5.97 Å². The van der Waals surface area contributed by atoms with Gasteiger partial charge < -0.3 is 14.4 Å². The fourth-order valence-corrected chi connectivity index (χ4v) is 4.26. The zero-order valence-electron chi connectivity index (χ0n) is 18.8. The highest BCUT2D eigenvalue weighted by molar-refractivity contribution is 5.69. The van der Waals surface area contributed by atoms with Crippen molar-refractivity contribution in [2.75, 3.05) is 32.8 Å². The maximum atomic E-state index is 14.4. The van der Waals surface area contributed by atoms with Crippen LogP contribution in [0, 0.1) is 17.6 Å². The Bertz CT molecular complexity index is 835. The van der Waals surface area contributed by atoms with Crippen molar-refractivity contribution in [3.63, 3.8) is 0 Å². The average molecular weight is 446 g/mol. The number of hydrogen-bond donors (Lipinski definition) is 0. The van der Waals surface area contributed by atoms with Crippen molar-refractivity contribution in [3.05, 3.63) is 71.3 Å². The Morgan fingerprint density at radius 1 is 1.09 bits per heavy atom. The molecular weight excluding hydrogens is 412 g/mol. The van der Waals surface area contributed by atoms with Gasteiger partial charge >= 0.3 is 5.97 Å². The molecule has 0 aromatic heterocycles. The molecule has 6 heteroatoms. The van der Waals surface area contributed by atoms with Gasteiger partial charge in [-0.3, -0.25) is 4.79 Å². The summed E-state index contributed by atoms with van der Waals surface area (Å²) in [4.78, 5) is 13.8. The van der Waals surface area contributed by atoms with Crippen LogP contribution in [-0.2, 0) is 14.3 Å². The maximum absolute atomic E-state index is 14.4. The number of benzene rings is 2. The number of ether oxygens (including phenoxy) is 2. The van der Waals surface area contributed by atoms with E-state index in [1.807, 2.05) is 6.92 Å². The van der Waals surface area contributed by atoms with Crippen molar-refractivity contribution in [1.29, 1.82) is 0 Å². The monoisotopic (exact) mass is 445 g/mol. The first-order valence-electron chi connectivity index (χ1n) is 11.6. The summed E-state index contributed by atoms with van der Waals surface area (Å²) in [5, 5.41) is 0. The second-order valence-corrected chi connectivity index (χ2v) is 8.31. The first kappa shape index (κ1) is 24.3. The molecule has 4 nitrogen and oxygen atoms in total. The summed E-state index contributed by atoms with van der Waals surface area (Å²) < 4.78 is 38.9. The molecule has 32 heavy (non-hydrogen) atoms. The molecule has 1 unspecified atom stereocenters. The Labute approximate surface area is 189 Å². The standard InChI is InChI=1S/C26H33F2NO3/c1-2-31-25(30)9-5-6-20-14-16-29(17-15-20)18-19-32-26(21-10-12-22(27)13-11-21)23-7-3-4-8-24(23)28/h3-4,7-8,10-13,20,26H,2,5-6,9,14-19H2,1H3. The molecule has 1 atom stereocenters. The number of carbonyl (C=O) groups excluding carboxylic acids is 1. The highest BCUT2D eigenvalue weighted by Crippen LogP contribution is 2.29. The van der Waals surface area contributed by atoms with Gasteiger partial charge in [0.2, 0.25) is 0 Å². The minimum Gasteiger partial charge on any atom is -0.466 e. The zero-order chi connectivity index (χ0) is 22.8. The Hall–Kier alpha value is -2.31. The second kappa shape index (κ2) is 12.7. The van der Waals surface area contributed by atoms with Crippen molar-refractivity contribution in [2.45, 2.75) is 45.1 Å². The summed E-state index contributed by atoms with van der Waals surface area (Å²) in [6, 6.07) is 12.6. The van der Waals surface area contributed by atoms with Gasteiger partial charge in [0.1, 0.15) is 17.7 Å². The SMILES string of the molecule is CCOC(=O)CCCC1CCN(CCOC(c2ccc(F)cc2)c2ccccc2F)CC1. The van der Waals surface area contributed by atoms with E-state index in [1.165, 1.54) is 18.2 Å². The number of nitrogens with zero attached hydrogens (tertiary/aromatic N) is 1. The van der Waals surface area contributed by atoms with E-state index < -0.39 is 6.10 Å². The average Bonchev–Trinajstić information content (AvgIpc) is 2.79. The van der Waals surface area contributed by atoms with Gasteiger partial charge in [-0.1, -0.05) is 30.3 Å². The Morgan fingerprint density at radius 3 is 2.50 bits per heavy atom. The van der Waals surface area contributed by atoms with Gasteiger partial charge in [-0.2, -0.15) is 0 Å². The number of halogens is 2. The normalized spacial score (nSPS) is 16.1. The molecule has 0 spiro atoms. The lowest BCUT2D eigenvalue weighted by atomic mass is 9.91. The highest BCUT2D eigenvalue weighted by Gasteiger charge is 2.22. The predicted octanol–water partition coefficient (Wildman–Crippen LogP) is 5.52. The molecule has 174 valence electrons. The van der Waals surface area contributed by atoms with E-state index in [9.17, 15) is 13.6 Å². The number of hydrogen-bond acceptors (Lipinski definition) is 4.